The predicted molar refractivity (Wildman–Crippen MR) is 106 cm³/mol. The van der Waals surface area contributed by atoms with Gasteiger partial charge in [-0.15, -0.1) is 0 Å². The molecule has 1 amide bonds. The van der Waals surface area contributed by atoms with Crippen LogP contribution in [0.2, 0.25) is 0 Å². The molecule has 2 aromatic heterocycles. The molecular formula is C21H24N4O3. The lowest BCUT2D eigenvalue weighted by Crippen LogP contribution is -2.43. The van der Waals surface area contributed by atoms with Crippen molar-refractivity contribution in [2.24, 2.45) is 7.05 Å². The van der Waals surface area contributed by atoms with Crippen LogP contribution in [0.3, 0.4) is 0 Å². The molecule has 1 fully saturated rings. The monoisotopic (exact) mass is 380 g/mol. The summed E-state index contributed by atoms with van der Waals surface area (Å²) in [5, 5.41) is 0. The molecule has 0 atom stereocenters. The van der Waals surface area contributed by atoms with Gasteiger partial charge in [0, 0.05) is 44.7 Å². The van der Waals surface area contributed by atoms with Crippen LogP contribution in [-0.2, 0) is 18.4 Å². The van der Waals surface area contributed by atoms with E-state index >= 15 is 0 Å². The highest BCUT2D eigenvalue weighted by atomic mass is 16.5. The van der Waals surface area contributed by atoms with Crippen LogP contribution >= 0.6 is 0 Å². The zero-order valence-electron chi connectivity index (χ0n) is 16.2. The molecule has 1 aromatic carbocycles. The Morgan fingerprint density at radius 1 is 1.21 bits per heavy atom. The Morgan fingerprint density at radius 3 is 2.71 bits per heavy atom. The van der Waals surface area contributed by atoms with Crippen LogP contribution in [0.1, 0.15) is 18.5 Å². The average Bonchev–Trinajstić information content (AvgIpc) is 3.09. The van der Waals surface area contributed by atoms with Crippen molar-refractivity contribution in [3.05, 3.63) is 58.8 Å². The van der Waals surface area contributed by atoms with Gasteiger partial charge in [0.15, 0.2) is 0 Å². The number of aryl methyl sites for hydroxylation is 1. The number of amides is 1. The Bertz CT molecular complexity index is 1060. The second-order valence-electron chi connectivity index (χ2n) is 7.29. The minimum Gasteiger partial charge on any atom is -0.490 e. The summed E-state index contributed by atoms with van der Waals surface area (Å²) in [6, 6.07) is 11.2. The lowest BCUT2D eigenvalue weighted by Gasteiger charge is -2.32. The number of hydrogen-bond acceptors (Lipinski definition) is 4. The summed E-state index contributed by atoms with van der Waals surface area (Å²) < 4.78 is 9.48. The van der Waals surface area contributed by atoms with E-state index in [9.17, 15) is 9.59 Å². The standard InChI is InChI=1S/C21H24N4O3/c1-15-11-17(12-20(26)23(15)2)28-16-7-9-24(10-8-16)21(27)13-25-14-22-18-5-3-4-6-19(18)25/h3-6,11-12,14,16H,7-10,13H2,1-2H3. The van der Waals surface area contributed by atoms with Crippen molar-refractivity contribution in [2.75, 3.05) is 13.1 Å². The van der Waals surface area contributed by atoms with Crippen LogP contribution in [0.25, 0.3) is 11.0 Å². The third-order valence-corrected chi connectivity index (χ3v) is 5.41. The third-order valence-electron chi connectivity index (χ3n) is 5.41. The van der Waals surface area contributed by atoms with Gasteiger partial charge >= 0.3 is 0 Å². The Balaban J connectivity index is 1.35. The number of imidazole rings is 1. The second kappa shape index (κ2) is 7.50. The molecule has 28 heavy (non-hydrogen) atoms. The summed E-state index contributed by atoms with van der Waals surface area (Å²) in [6.07, 6.45) is 3.25. The van der Waals surface area contributed by atoms with Crippen molar-refractivity contribution < 1.29 is 9.53 Å². The van der Waals surface area contributed by atoms with Crippen molar-refractivity contribution in [2.45, 2.75) is 32.4 Å². The van der Waals surface area contributed by atoms with E-state index in [0.717, 1.165) is 29.6 Å². The number of fused-ring (bicyclic) bond motifs is 1. The van der Waals surface area contributed by atoms with Crippen LogP contribution < -0.4 is 10.3 Å². The highest BCUT2D eigenvalue weighted by Crippen LogP contribution is 2.19. The van der Waals surface area contributed by atoms with Gasteiger partial charge in [-0.05, 0) is 25.1 Å². The quantitative estimate of drug-likeness (QED) is 0.695. The van der Waals surface area contributed by atoms with Crippen molar-refractivity contribution in [3.8, 4) is 5.75 Å². The molecule has 0 radical (unpaired) electrons. The van der Waals surface area contributed by atoms with E-state index in [4.69, 9.17) is 4.74 Å². The molecule has 3 aromatic rings. The number of benzene rings is 1. The van der Waals surface area contributed by atoms with Crippen molar-refractivity contribution in [1.29, 1.82) is 0 Å². The van der Waals surface area contributed by atoms with Gasteiger partial charge in [0.25, 0.3) is 5.56 Å². The van der Waals surface area contributed by atoms with Gasteiger partial charge in [0.1, 0.15) is 18.4 Å². The molecule has 0 spiro atoms. The highest BCUT2D eigenvalue weighted by Gasteiger charge is 2.24. The van der Waals surface area contributed by atoms with Gasteiger partial charge in [0.05, 0.1) is 17.4 Å². The topological polar surface area (TPSA) is 69.4 Å². The number of aromatic nitrogens is 3. The van der Waals surface area contributed by atoms with Crippen molar-refractivity contribution >= 4 is 16.9 Å². The zero-order valence-corrected chi connectivity index (χ0v) is 16.2. The molecule has 0 saturated carbocycles. The van der Waals surface area contributed by atoms with E-state index < -0.39 is 0 Å². The SMILES string of the molecule is Cc1cc(OC2CCN(C(=O)Cn3cnc4ccccc43)CC2)cc(=O)n1C. The largest absolute Gasteiger partial charge is 0.490 e. The van der Waals surface area contributed by atoms with E-state index in [1.165, 1.54) is 6.07 Å². The predicted octanol–water partition coefficient (Wildman–Crippen LogP) is 2.11. The normalized spacial score (nSPS) is 15.1. The van der Waals surface area contributed by atoms with Gasteiger partial charge < -0.3 is 18.8 Å². The van der Waals surface area contributed by atoms with E-state index in [1.54, 1.807) is 17.9 Å². The molecule has 3 heterocycles. The maximum absolute atomic E-state index is 12.7. The first-order valence-corrected chi connectivity index (χ1v) is 9.53. The maximum atomic E-state index is 12.7. The summed E-state index contributed by atoms with van der Waals surface area (Å²) >= 11 is 0. The molecule has 1 saturated heterocycles. The molecule has 1 aliphatic rings. The maximum Gasteiger partial charge on any atom is 0.254 e. The molecule has 7 nitrogen and oxygen atoms in total. The average molecular weight is 380 g/mol. The molecule has 0 N–H and O–H groups in total. The summed E-state index contributed by atoms with van der Waals surface area (Å²) in [7, 11) is 1.75. The molecule has 0 unspecified atom stereocenters. The van der Waals surface area contributed by atoms with Crippen LogP contribution in [0.4, 0.5) is 0 Å². The van der Waals surface area contributed by atoms with Crippen LogP contribution in [-0.4, -0.2) is 44.1 Å². The summed E-state index contributed by atoms with van der Waals surface area (Å²) in [5.41, 5.74) is 2.65. The summed E-state index contributed by atoms with van der Waals surface area (Å²) in [6.45, 7) is 3.48. The van der Waals surface area contributed by atoms with Crippen LogP contribution in [0.15, 0.2) is 47.5 Å². The number of para-hydroxylation sites is 2. The summed E-state index contributed by atoms with van der Waals surface area (Å²) in [4.78, 5) is 30.8. The number of carbonyl (C=O) groups is 1. The lowest BCUT2D eigenvalue weighted by atomic mass is 10.1. The van der Waals surface area contributed by atoms with E-state index in [-0.39, 0.29) is 17.6 Å². The number of hydrogen-bond donors (Lipinski definition) is 0. The first-order valence-electron chi connectivity index (χ1n) is 9.53. The van der Waals surface area contributed by atoms with E-state index in [1.807, 2.05) is 46.7 Å². The highest BCUT2D eigenvalue weighted by molar-refractivity contribution is 5.80. The number of carbonyl (C=O) groups excluding carboxylic acids is 1. The molecule has 0 aliphatic carbocycles. The van der Waals surface area contributed by atoms with Crippen LogP contribution in [0.5, 0.6) is 5.75 Å². The third kappa shape index (κ3) is 3.65. The molecule has 0 bridgehead atoms. The minimum atomic E-state index is -0.0739. The van der Waals surface area contributed by atoms with Gasteiger partial charge in [-0.1, -0.05) is 12.1 Å². The molecule has 7 heteroatoms. The molecule has 146 valence electrons. The fourth-order valence-corrected chi connectivity index (χ4v) is 3.60. The van der Waals surface area contributed by atoms with Crippen molar-refractivity contribution in [1.82, 2.24) is 19.0 Å². The number of nitrogens with zero attached hydrogens (tertiary/aromatic N) is 4. The fraction of sp³-hybridized carbons (Fsp3) is 0.381. The first-order chi connectivity index (χ1) is 13.5. The number of ether oxygens (including phenoxy) is 1. The molecule has 4 rings (SSSR count). The number of pyridine rings is 1. The Labute approximate surface area is 163 Å². The Morgan fingerprint density at radius 2 is 1.96 bits per heavy atom. The number of piperidine rings is 1. The van der Waals surface area contributed by atoms with Gasteiger partial charge in [-0.25, -0.2) is 4.98 Å². The number of rotatable bonds is 4. The smallest absolute Gasteiger partial charge is 0.254 e. The fourth-order valence-electron chi connectivity index (χ4n) is 3.60. The first kappa shape index (κ1) is 18.3. The summed E-state index contributed by atoms with van der Waals surface area (Å²) in [5.74, 6) is 0.696. The Kier molecular flexibility index (Phi) is 4.90. The minimum absolute atomic E-state index is 0.0182. The second-order valence-corrected chi connectivity index (χ2v) is 7.29. The van der Waals surface area contributed by atoms with Crippen LogP contribution in [0, 0.1) is 6.92 Å². The van der Waals surface area contributed by atoms with Gasteiger partial charge in [-0.3, -0.25) is 9.59 Å². The lowest BCUT2D eigenvalue weighted by molar-refractivity contribution is -0.133. The molecular weight excluding hydrogens is 356 g/mol. The molecule has 1 aliphatic heterocycles. The van der Waals surface area contributed by atoms with Gasteiger partial charge in [-0.2, -0.15) is 0 Å². The van der Waals surface area contributed by atoms with Crippen molar-refractivity contribution in [3.63, 3.8) is 0 Å². The van der Waals surface area contributed by atoms with E-state index in [0.29, 0.717) is 25.4 Å². The van der Waals surface area contributed by atoms with Gasteiger partial charge in [0.2, 0.25) is 5.91 Å². The number of likely N-dealkylation sites (tertiary alicyclic amines) is 1. The van der Waals surface area contributed by atoms with E-state index in [2.05, 4.69) is 4.98 Å². The Hall–Kier alpha value is -3.09. The zero-order chi connectivity index (χ0) is 19.7.